The van der Waals surface area contributed by atoms with Crippen LogP contribution in [0.2, 0.25) is 0 Å². The van der Waals surface area contributed by atoms with Gasteiger partial charge >= 0.3 is 18.3 Å². The molecule has 3 N–H and O–H groups in total. The summed E-state index contributed by atoms with van der Waals surface area (Å²) in [5.74, 6) is -2.47. The Morgan fingerprint density at radius 2 is 1.46 bits per heavy atom. The number of aliphatic hydroxyl groups is 1. The number of hydrogen-bond donors (Lipinski definition) is 3. The minimum atomic E-state index is -4.66. The summed E-state index contributed by atoms with van der Waals surface area (Å²) in [6, 6.07) is 9.62. The van der Waals surface area contributed by atoms with E-state index in [4.69, 9.17) is 15.3 Å². The first-order valence-electron chi connectivity index (χ1n) is 7.99. The molecule has 0 fully saturated rings. The number of aromatic carboxylic acids is 2. The number of halogens is 3. The van der Waals surface area contributed by atoms with E-state index in [2.05, 4.69) is 4.74 Å². The maximum atomic E-state index is 11.8. The van der Waals surface area contributed by atoms with Crippen LogP contribution in [0.15, 0.2) is 42.5 Å². The molecule has 0 heterocycles. The first kappa shape index (κ1) is 23.0. The summed E-state index contributed by atoms with van der Waals surface area (Å²) in [6.45, 7) is 3.09. The van der Waals surface area contributed by atoms with Crippen LogP contribution in [0, 0.1) is 6.92 Å². The number of ether oxygens (including phenoxy) is 1. The van der Waals surface area contributed by atoms with E-state index < -0.39 is 24.4 Å². The number of benzene rings is 2. The minimum absolute atomic E-state index is 0.0277. The maximum absolute atomic E-state index is 11.8. The van der Waals surface area contributed by atoms with Crippen molar-refractivity contribution in [2.45, 2.75) is 32.7 Å². The number of carbonyl (C=O) groups is 2. The van der Waals surface area contributed by atoms with E-state index in [-0.39, 0.29) is 22.4 Å². The highest BCUT2D eigenvalue weighted by molar-refractivity contribution is 5.96. The van der Waals surface area contributed by atoms with Crippen molar-refractivity contribution >= 4 is 11.9 Å². The van der Waals surface area contributed by atoms with Gasteiger partial charge in [-0.05, 0) is 55.7 Å². The van der Waals surface area contributed by atoms with Gasteiger partial charge in [0.05, 0.1) is 17.2 Å². The minimum Gasteiger partial charge on any atom is -0.478 e. The van der Waals surface area contributed by atoms with Gasteiger partial charge < -0.3 is 20.1 Å². The lowest BCUT2D eigenvalue weighted by atomic mass is 10.0. The molecule has 152 valence electrons. The first-order chi connectivity index (χ1) is 12.9. The lowest BCUT2D eigenvalue weighted by Crippen LogP contribution is -2.17. The summed E-state index contributed by atoms with van der Waals surface area (Å²) in [4.78, 5) is 21.2. The fraction of sp³-hybridized carbons (Fsp3) is 0.263. The van der Waals surface area contributed by atoms with Gasteiger partial charge in [0.2, 0.25) is 0 Å². The Morgan fingerprint density at radius 1 is 1.00 bits per heavy atom. The van der Waals surface area contributed by atoms with E-state index in [0.717, 1.165) is 5.56 Å². The van der Waals surface area contributed by atoms with Gasteiger partial charge in [-0.3, -0.25) is 0 Å². The van der Waals surface area contributed by atoms with Crippen molar-refractivity contribution in [1.82, 2.24) is 0 Å². The van der Waals surface area contributed by atoms with Crippen molar-refractivity contribution in [2.24, 2.45) is 0 Å². The third-order valence-corrected chi connectivity index (χ3v) is 3.48. The monoisotopic (exact) mass is 400 g/mol. The SMILES string of the molecule is CC(O)Cc1ccc(OC(F)(F)F)cc1.Cc1c(C(=O)O)cccc1C(=O)O. The summed E-state index contributed by atoms with van der Waals surface area (Å²) in [5.41, 5.74) is 1.10. The highest BCUT2D eigenvalue weighted by Gasteiger charge is 2.30. The number of rotatable bonds is 5. The summed E-state index contributed by atoms with van der Waals surface area (Å²) in [7, 11) is 0. The molecule has 28 heavy (non-hydrogen) atoms. The highest BCUT2D eigenvalue weighted by atomic mass is 19.4. The Labute approximate surface area is 158 Å². The number of hydrogen-bond acceptors (Lipinski definition) is 4. The molecule has 0 amide bonds. The van der Waals surface area contributed by atoms with Crippen LogP contribution in [0.4, 0.5) is 13.2 Å². The van der Waals surface area contributed by atoms with E-state index in [1.807, 2.05) is 0 Å². The molecular formula is C19H19F3O6. The van der Waals surface area contributed by atoms with Gasteiger partial charge in [0, 0.05) is 0 Å². The largest absolute Gasteiger partial charge is 0.573 e. The normalized spacial score (nSPS) is 11.8. The van der Waals surface area contributed by atoms with Gasteiger partial charge in [-0.15, -0.1) is 13.2 Å². The molecule has 0 aromatic heterocycles. The summed E-state index contributed by atoms with van der Waals surface area (Å²) < 4.78 is 39.1. The van der Waals surface area contributed by atoms with Crippen molar-refractivity contribution in [1.29, 1.82) is 0 Å². The van der Waals surface area contributed by atoms with Crippen LogP contribution in [0.25, 0.3) is 0 Å². The average molecular weight is 400 g/mol. The van der Waals surface area contributed by atoms with Gasteiger partial charge in [-0.2, -0.15) is 0 Å². The van der Waals surface area contributed by atoms with Crippen LogP contribution in [-0.4, -0.2) is 39.7 Å². The molecule has 0 aliphatic carbocycles. The van der Waals surface area contributed by atoms with E-state index in [9.17, 15) is 22.8 Å². The molecule has 0 aliphatic heterocycles. The smallest absolute Gasteiger partial charge is 0.478 e. The van der Waals surface area contributed by atoms with Crippen LogP contribution in [-0.2, 0) is 6.42 Å². The molecule has 0 radical (unpaired) electrons. The average Bonchev–Trinajstić information content (AvgIpc) is 2.55. The van der Waals surface area contributed by atoms with E-state index in [0.29, 0.717) is 6.42 Å². The van der Waals surface area contributed by atoms with Crippen molar-refractivity contribution in [3.05, 3.63) is 64.7 Å². The third kappa shape index (κ3) is 7.67. The lowest BCUT2D eigenvalue weighted by Gasteiger charge is -2.09. The molecule has 0 saturated carbocycles. The van der Waals surface area contributed by atoms with Crippen molar-refractivity contribution in [3.8, 4) is 5.75 Å². The zero-order chi connectivity index (χ0) is 21.5. The lowest BCUT2D eigenvalue weighted by molar-refractivity contribution is -0.274. The predicted molar refractivity (Wildman–Crippen MR) is 93.6 cm³/mol. The predicted octanol–water partition coefficient (Wildman–Crippen LogP) is 3.90. The number of carboxylic acid groups (broad SMARTS) is 2. The Bertz CT molecular complexity index is 781. The zero-order valence-electron chi connectivity index (χ0n) is 15.0. The molecule has 0 aliphatic rings. The molecule has 0 saturated heterocycles. The van der Waals surface area contributed by atoms with Gasteiger partial charge in [0.1, 0.15) is 5.75 Å². The van der Waals surface area contributed by atoms with E-state index in [1.54, 1.807) is 6.92 Å². The summed E-state index contributed by atoms with van der Waals surface area (Å²) in [6.07, 6.45) is -4.77. The number of aliphatic hydroxyl groups excluding tert-OH is 1. The molecule has 0 spiro atoms. The van der Waals surface area contributed by atoms with Crippen LogP contribution in [0.1, 0.15) is 38.8 Å². The zero-order valence-corrected chi connectivity index (χ0v) is 15.0. The standard InChI is InChI=1S/C10H11F3O2.C9H8O4/c1-7(14)6-8-2-4-9(5-3-8)15-10(11,12)13;1-5-6(8(10)11)3-2-4-7(5)9(12)13/h2-5,7,14H,6H2,1H3;2-4H,1H3,(H,10,11)(H,12,13). The fourth-order valence-electron chi connectivity index (χ4n) is 2.27. The van der Waals surface area contributed by atoms with Crippen LogP contribution < -0.4 is 4.74 Å². The highest BCUT2D eigenvalue weighted by Crippen LogP contribution is 2.23. The van der Waals surface area contributed by atoms with Crippen molar-refractivity contribution in [3.63, 3.8) is 0 Å². The molecule has 6 nitrogen and oxygen atoms in total. The fourth-order valence-corrected chi connectivity index (χ4v) is 2.27. The Hall–Kier alpha value is -3.07. The second-order valence-corrected chi connectivity index (χ2v) is 5.83. The summed E-state index contributed by atoms with van der Waals surface area (Å²) >= 11 is 0. The van der Waals surface area contributed by atoms with Gasteiger partial charge in [0.25, 0.3) is 0 Å². The van der Waals surface area contributed by atoms with Crippen molar-refractivity contribution < 1.29 is 42.8 Å². The molecular weight excluding hydrogens is 381 g/mol. The van der Waals surface area contributed by atoms with E-state index >= 15 is 0 Å². The quantitative estimate of drug-likeness (QED) is 0.703. The first-order valence-corrected chi connectivity index (χ1v) is 7.99. The maximum Gasteiger partial charge on any atom is 0.573 e. The number of alkyl halides is 3. The summed E-state index contributed by atoms with van der Waals surface area (Å²) in [5, 5.41) is 26.4. The molecule has 2 aromatic carbocycles. The second kappa shape index (κ2) is 9.75. The molecule has 1 atom stereocenters. The van der Waals surface area contributed by atoms with Gasteiger partial charge in [0.15, 0.2) is 0 Å². The molecule has 2 rings (SSSR count). The van der Waals surface area contributed by atoms with Crippen molar-refractivity contribution in [2.75, 3.05) is 0 Å². The third-order valence-electron chi connectivity index (χ3n) is 3.48. The number of carboxylic acids is 2. The molecule has 2 aromatic rings. The molecule has 9 heteroatoms. The second-order valence-electron chi connectivity index (χ2n) is 5.83. The Balaban J connectivity index is 0.000000283. The topological polar surface area (TPSA) is 104 Å². The Morgan fingerprint density at radius 3 is 1.82 bits per heavy atom. The van der Waals surface area contributed by atoms with E-state index in [1.165, 1.54) is 49.4 Å². The molecule has 1 unspecified atom stereocenters. The van der Waals surface area contributed by atoms with Crippen LogP contribution in [0.3, 0.4) is 0 Å². The van der Waals surface area contributed by atoms with Crippen LogP contribution >= 0.6 is 0 Å². The van der Waals surface area contributed by atoms with Gasteiger partial charge in [-0.1, -0.05) is 18.2 Å². The van der Waals surface area contributed by atoms with Gasteiger partial charge in [-0.25, -0.2) is 9.59 Å². The Kier molecular flexibility index (Phi) is 8.00. The van der Waals surface area contributed by atoms with Crippen LogP contribution in [0.5, 0.6) is 5.75 Å². The molecule has 0 bridgehead atoms.